The molecule has 2 aromatic heterocycles. The van der Waals surface area contributed by atoms with Crippen LogP contribution >= 0.6 is 0 Å². The zero-order chi connectivity index (χ0) is 20.5. The number of imidazole rings is 1. The third-order valence-corrected chi connectivity index (χ3v) is 5.89. The van der Waals surface area contributed by atoms with Gasteiger partial charge in [0, 0.05) is 23.7 Å². The van der Waals surface area contributed by atoms with Crippen LogP contribution in [0.2, 0.25) is 0 Å². The molecule has 3 N–H and O–H groups in total. The van der Waals surface area contributed by atoms with E-state index in [2.05, 4.69) is 20.4 Å². The summed E-state index contributed by atoms with van der Waals surface area (Å²) in [4.78, 5) is 21.2. The molecule has 1 unspecified atom stereocenters. The summed E-state index contributed by atoms with van der Waals surface area (Å²) in [6.07, 6.45) is 3.40. The molecule has 0 bridgehead atoms. The van der Waals surface area contributed by atoms with Crippen LogP contribution in [-0.2, 0) is 12.8 Å². The van der Waals surface area contributed by atoms with Crippen molar-refractivity contribution in [3.8, 4) is 5.95 Å². The zero-order valence-corrected chi connectivity index (χ0v) is 16.6. The predicted molar refractivity (Wildman–Crippen MR) is 115 cm³/mol. The molecule has 0 spiro atoms. The van der Waals surface area contributed by atoms with Crippen LogP contribution in [0.25, 0.3) is 17.0 Å². The molecule has 1 aliphatic rings. The second-order valence-electron chi connectivity index (χ2n) is 7.89. The first kappa shape index (κ1) is 18.8. The zero-order valence-electron chi connectivity index (χ0n) is 16.6. The van der Waals surface area contributed by atoms with Crippen LogP contribution in [0.15, 0.2) is 53.3 Å². The van der Waals surface area contributed by atoms with Crippen LogP contribution in [0.1, 0.15) is 35.6 Å². The SMILES string of the molecule is O=c1c(CCc2ccc(F)cc2)c(C2CCCNC2)[nH]n1-c1nc2ccccc2[nH]1. The van der Waals surface area contributed by atoms with Crippen molar-refractivity contribution < 1.29 is 4.39 Å². The van der Waals surface area contributed by atoms with E-state index in [1.165, 1.54) is 16.8 Å². The first-order valence-corrected chi connectivity index (χ1v) is 10.4. The Hall–Kier alpha value is -3.19. The molecule has 0 saturated carbocycles. The van der Waals surface area contributed by atoms with Gasteiger partial charge in [-0.25, -0.2) is 9.37 Å². The van der Waals surface area contributed by atoms with Crippen molar-refractivity contribution in [2.45, 2.75) is 31.6 Å². The van der Waals surface area contributed by atoms with Crippen LogP contribution in [-0.4, -0.2) is 32.8 Å². The van der Waals surface area contributed by atoms with Gasteiger partial charge >= 0.3 is 0 Å². The van der Waals surface area contributed by atoms with Gasteiger partial charge in [0.2, 0.25) is 5.95 Å². The topological polar surface area (TPSA) is 78.5 Å². The highest BCUT2D eigenvalue weighted by Crippen LogP contribution is 2.25. The molecule has 3 heterocycles. The first-order valence-electron chi connectivity index (χ1n) is 10.4. The molecular weight excluding hydrogens is 381 g/mol. The van der Waals surface area contributed by atoms with Crippen LogP contribution in [0.3, 0.4) is 0 Å². The Morgan fingerprint density at radius 3 is 2.70 bits per heavy atom. The van der Waals surface area contributed by atoms with Crippen LogP contribution in [0.5, 0.6) is 0 Å². The van der Waals surface area contributed by atoms with Crippen molar-refractivity contribution in [3.63, 3.8) is 0 Å². The highest BCUT2D eigenvalue weighted by molar-refractivity contribution is 5.75. The predicted octanol–water partition coefficient (Wildman–Crippen LogP) is 3.43. The molecule has 5 rings (SSSR count). The molecule has 4 aromatic rings. The molecule has 154 valence electrons. The Bertz CT molecular complexity index is 1180. The quantitative estimate of drug-likeness (QED) is 0.476. The average Bonchev–Trinajstić information content (AvgIpc) is 3.35. The van der Waals surface area contributed by atoms with Gasteiger partial charge in [-0.3, -0.25) is 9.89 Å². The summed E-state index contributed by atoms with van der Waals surface area (Å²) in [5.41, 5.74) is 4.42. The highest BCUT2D eigenvalue weighted by Gasteiger charge is 2.25. The number of aromatic amines is 2. The van der Waals surface area contributed by atoms with E-state index in [1.807, 2.05) is 24.3 Å². The van der Waals surface area contributed by atoms with Crippen LogP contribution in [0, 0.1) is 5.82 Å². The molecule has 0 aliphatic carbocycles. The third-order valence-electron chi connectivity index (χ3n) is 5.89. The monoisotopic (exact) mass is 405 g/mol. The number of piperidine rings is 1. The number of hydrogen-bond acceptors (Lipinski definition) is 3. The molecular formula is C23H24FN5O. The lowest BCUT2D eigenvalue weighted by Gasteiger charge is -2.22. The van der Waals surface area contributed by atoms with Crippen molar-refractivity contribution in [2.24, 2.45) is 0 Å². The number of hydrogen-bond donors (Lipinski definition) is 3. The fourth-order valence-corrected chi connectivity index (χ4v) is 4.28. The third kappa shape index (κ3) is 3.57. The maximum atomic E-state index is 13.4. The van der Waals surface area contributed by atoms with Gasteiger partial charge in [-0.05, 0) is 62.1 Å². The summed E-state index contributed by atoms with van der Waals surface area (Å²) >= 11 is 0. The lowest BCUT2D eigenvalue weighted by molar-refractivity contribution is 0.450. The maximum Gasteiger partial charge on any atom is 0.277 e. The number of nitrogens with zero attached hydrogens (tertiary/aromatic N) is 2. The number of benzene rings is 2. The highest BCUT2D eigenvalue weighted by atomic mass is 19.1. The minimum Gasteiger partial charge on any atom is -0.322 e. The van der Waals surface area contributed by atoms with E-state index in [0.29, 0.717) is 18.8 Å². The summed E-state index contributed by atoms with van der Waals surface area (Å²) in [5.74, 6) is 0.515. The number of aromatic nitrogens is 4. The van der Waals surface area contributed by atoms with Gasteiger partial charge in [0.1, 0.15) is 5.82 Å². The average molecular weight is 405 g/mol. The molecule has 1 saturated heterocycles. The fraction of sp³-hybridized carbons (Fsp3) is 0.304. The summed E-state index contributed by atoms with van der Waals surface area (Å²) in [6.45, 7) is 1.86. The van der Waals surface area contributed by atoms with E-state index in [-0.39, 0.29) is 17.3 Å². The van der Waals surface area contributed by atoms with Crippen LogP contribution in [0.4, 0.5) is 4.39 Å². The summed E-state index contributed by atoms with van der Waals surface area (Å²) in [7, 11) is 0. The fourth-order valence-electron chi connectivity index (χ4n) is 4.28. The second-order valence-corrected chi connectivity index (χ2v) is 7.89. The summed E-state index contributed by atoms with van der Waals surface area (Å²) in [5, 5.41) is 6.79. The lowest BCUT2D eigenvalue weighted by Crippen LogP contribution is -2.29. The van der Waals surface area contributed by atoms with E-state index >= 15 is 0 Å². The number of para-hydroxylation sites is 2. The Morgan fingerprint density at radius 2 is 1.93 bits per heavy atom. The van der Waals surface area contributed by atoms with Crippen LogP contribution < -0.4 is 10.9 Å². The number of nitrogens with one attached hydrogen (secondary N) is 3. The minimum absolute atomic E-state index is 0.0725. The van der Waals surface area contributed by atoms with Gasteiger partial charge in [-0.1, -0.05) is 24.3 Å². The number of halogens is 1. The van der Waals surface area contributed by atoms with E-state index in [4.69, 9.17) is 0 Å². The molecule has 1 atom stereocenters. The van der Waals surface area contributed by atoms with Crippen molar-refractivity contribution in [2.75, 3.05) is 13.1 Å². The Labute approximate surface area is 173 Å². The molecule has 1 fully saturated rings. The largest absolute Gasteiger partial charge is 0.322 e. The number of rotatable bonds is 5. The number of H-pyrrole nitrogens is 2. The Kier molecular flexibility index (Phi) is 4.96. The second kappa shape index (κ2) is 7.91. The van der Waals surface area contributed by atoms with Crippen molar-refractivity contribution in [3.05, 3.63) is 81.5 Å². The van der Waals surface area contributed by atoms with E-state index in [9.17, 15) is 9.18 Å². The van der Waals surface area contributed by atoms with E-state index in [0.717, 1.165) is 53.8 Å². The minimum atomic E-state index is -0.249. The molecule has 0 amide bonds. The molecule has 6 nitrogen and oxygen atoms in total. The van der Waals surface area contributed by atoms with Crippen molar-refractivity contribution in [1.82, 2.24) is 25.1 Å². The maximum absolute atomic E-state index is 13.4. The molecule has 7 heteroatoms. The Balaban J connectivity index is 1.53. The normalized spacial score (nSPS) is 16.9. The molecule has 2 aromatic carbocycles. The van der Waals surface area contributed by atoms with E-state index < -0.39 is 0 Å². The van der Waals surface area contributed by atoms with Gasteiger partial charge in [0.05, 0.1) is 11.0 Å². The number of fused-ring (bicyclic) bond motifs is 1. The summed E-state index contributed by atoms with van der Waals surface area (Å²) < 4.78 is 14.8. The van der Waals surface area contributed by atoms with Crippen molar-refractivity contribution in [1.29, 1.82) is 0 Å². The van der Waals surface area contributed by atoms with E-state index in [1.54, 1.807) is 12.1 Å². The van der Waals surface area contributed by atoms with Gasteiger partial charge in [-0.2, -0.15) is 4.68 Å². The molecule has 1 aliphatic heterocycles. The molecule has 30 heavy (non-hydrogen) atoms. The summed E-state index contributed by atoms with van der Waals surface area (Å²) in [6, 6.07) is 14.2. The number of aryl methyl sites for hydroxylation is 1. The standard InChI is InChI=1S/C23H24FN5O/c24-17-10-7-15(8-11-17)9-12-18-21(16-4-3-13-25-14-16)28-29(22(18)30)23-26-19-5-1-2-6-20(19)27-23/h1-2,5-8,10-11,16,25,28H,3-4,9,12-14H2,(H,26,27). The first-order chi connectivity index (χ1) is 14.7. The van der Waals surface area contributed by atoms with Crippen molar-refractivity contribution >= 4 is 11.0 Å². The van der Waals surface area contributed by atoms with Gasteiger partial charge in [-0.15, -0.1) is 0 Å². The Morgan fingerprint density at radius 1 is 1.10 bits per heavy atom. The van der Waals surface area contributed by atoms with Gasteiger partial charge in [0.15, 0.2) is 0 Å². The van der Waals surface area contributed by atoms with Gasteiger partial charge in [0.25, 0.3) is 5.56 Å². The smallest absolute Gasteiger partial charge is 0.277 e. The molecule has 0 radical (unpaired) electrons. The lowest BCUT2D eigenvalue weighted by atomic mass is 9.92. The van der Waals surface area contributed by atoms with Gasteiger partial charge < -0.3 is 10.3 Å².